The SMILES string of the molecule is C=C/C(=C\N=C)n1cc(-c2cccc(C(=O)COC)n2)cn1. The molecule has 0 fully saturated rings. The molecule has 2 aromatic rings. The van der Waals surface area contributed by atoms with Gasteiger partial charge in [-0.3, -0.25) is 9.79 Å². The summed E-state index contributed by atoms with van der Waals surface area (Å²) in [5, 5.41) is 4.23. The summed E-state index contributed by atoms with van der Waals surface area (Å²) in [6, 6.07) is 5.25. The van der Waals surface area contributed by atoms with Gasteiger partial charge in [-0.05, 0) is 24.9 Å². The van der Waals surface area contributed by atoms with E-state index in [1.165, 1.54) is 7.11 Å². The third kappa shape index (κ3) is 3.42. The number of carbonyl (C=O) groups is 1. The Balaban J connectivity index is 2.33. The molecule has 0 unspecified atom stereocenters. The normalized spacial score (nSPS) is 11.2. The Hall–Kier alpha value is -2.86. The second-order valence-electron chi connectivity index (χ2n) is 4.38. The summed E-state index contributed by atoms with van der Waals surface area (Å²) >= 11 is 0. The highest BCUT2D eigenvalue weighted by molar-refractivity contribution is 5.95. The lowest BCUT2D eigenvalue weighted by Crippen LogP contribution is -2.09. The molecule has 2 rings (SSSR count). The second-order valence-corrected chi connectivity index (χ2v) is 4.38. The van der Waals surface area contributed by atoms with Crippen LogP contribution in [0, 0.1) is 0 Å². The summed E-state index contributed by atoms with van der Waals surface area (Å²) in [6.45, 7) is 7.12. The van der Waals surface area contributed by atoms with E-state index >= 15 is 0 Å². The van der Waals surface area contributed by atoms with Crippen molar-refractivity contribution in [3.05, 3.63) is 55.1 Å². The van der Waals surface area contributed by atoms with Crippen LogP contribution in [0.3, 0.4) is 0 Å². The van der Waals surface area contributed by atoms with Crippen LogP contribution in [0.15, 0.2) is 54.4 Å². The van der Waals surface area contributed by atoms with E-state index in [-0.39, 0.29) is 12.4 Å². The lowest BCUT2D eigenvalue weighted by atomic mass is 10.2. The fraction of sp³-hybridized carbons (Fsp3) is 0.125. The molecule has 22 heavy (non-hydrogen) atoms. The van der Waals surface area contributed by atoms with Crippen LogP contribution in [-0.4, -0.2) is 41.0 Å². The monoisotopic (exact) mass is 296 g/mol. The Morgan fingerprint density at radius 2 is 2.32 bits per heavy atom. The van der Waals surface area contributed by atoms with E-state index in [9.17, 15) is 4.79 Å². The predicted molar refractivity (Wildman–Crippen MR) is 85.7 cm³/mol. The summed E-state index contributed by atoms with van der Waals surface area (Å²) in [7, 11) is 1.47. The number of pyridine rings is 1. The van der Waals surface area contributed by atoms with Crippen molar-refractivity contribution in [2.75, 3.05) is 13.7 Å². The first kappa shape index (κ1) is 15.5. The second kappa shape index (κ2) is 7.24. The molecule has 0 saturated carbocycles. The first-order valence-electron chi connectivity index (χ1n) is 6.52. The van der Waals surface area contributed by atoms with E-state index < -0.39 is 0 Å². The van der Waals surface area contributed by atoms with Gasteiger partial charge in [-0.15, -0.1) is 0 Å². The Bertz CT molecular complexity index is 731. The van der Waals surface area contributed by atoms with Gasteiger partial charge in [0.15, 0.2) is 0 Å². The number of nitrogens with zero attached hydrogens (tertiary/aromatic N) is 4. The van der Waals surface area contributed by atoms with Gasteiger partial charge >= 0.3 is 0 Å². The Morgan fingerprint density at radius 1 is 1.50 bits per heavy atom. The molecule has 0 atom stereocenters. The molecule has 0 aliphatic heterocycles. The van der Waals surface area contributed by atoms with Gasteiger partial charge in [0.25, 0.3) is 0 Å². The van der Waals surface area contributed by atoms with E-state index in [2.05, 4.69) is 28.4 Å². The van der Waals surface area contributed by atoms with Crippen molar-refractivity contribution in [2.45, 2.75) is 0 Å². The van der Waals surface area contributed by atoms with E-state index in [0.29, 0.717) is 17.1 Å². The zero-order valence-electron chi connectivity index (χ0n) is 12.3. The summed E-state index contributed by atoms with van der Waals surface area (Å²) < 4.78 is 6.45. The molecular formula is C16H16N4O2. The largest absolute Gasteiger partial charge is 0.376 e. The number of methoxy groups -OCH3 is 1. The summed E-state index contributed by atoms with van der Waals surface area (Å²) in [5.41, 5.74) is 2.49. The van der Waals surface area contributed by atoms with Crippen LogP contribution in [0.5, 0.6) is 0 Å². The van der Waals surface area contributed by atoms with Crippen LogP contribution in [0.1, 0.15) is 10.5 Å². The quantitative estimate of drug-likeness (QED) is 0.447. The molecule has 0 N–H and O–H groups in total. The molecule has 112 valence electrons. The van der Waals surface area contributed by atoms with Crippen LogP contribution < -0.4 is 0 Å². The lowest BCUT2D eigenvalue weighted by molar-refractivity contribution is 0.0843. The zero-order valence-corrected chi connectivity index (χ0v) is 12.3. The topological polar surface area (TPSA) is 69.4 Å². The van der Waals surface area contributed by atoms with Crippen molar-refractivity contribution in [1.82, 2.24) is 14.8 Å². The van der Waals surface area contributed by atoms with Crippen molar-refractivity contribution in [3.8, 4) is 11.3 Å². The number of ketones is 1. The van der Waals surface area contributed by atoms with Gasteiger partial charge < -0.3 is 4.74 Å². The van der Waals surface area contributed by atoms with E-state index in [0.717, 1.165) is 5.56 Å². The molecular weight excluding hydrogens is 280 g/mol. The number of aromatic nitrogens is 3. The highest BCUT2D eigenvalue weighted by atomic mass is 16.5. The van der Waals surface area contributed by atoms with Crippen LogP contribution in [0.2, 0.25) is 0 Å². The highest BCUT2D eigenvalue weighted by Crippen LogP contribution is 2.18. The number of rotatable bonds is 7. The smallest absolute Gasteiger partial charge is 0.206 e. The highest BCUT2D eigenvalue weighted by Gasteiger charge is 2.10. The molecule has 0 saturated heterocycles. The maximum atomic E-state index is 11.8. The Morgan fingerprint density at radius 3 is 3.00 bits per heavy atom. The number of allylic oxidation sites excluding steroid dienone is 2. The number of carbonyl (C=O) groups excluding carboxylic acids is 1. The molecule has 6 nitrogen and oxygen atoms in total. The molecule has 0 radical (unpaired) electrons. The average Bonchev–Trinajstić information content (AvgIpc) is 3.02. The first-order chi connectivity index (χ1) is 10.7. The van der Waals surface area contributed by atoms with Gasteiger partial charge in [-0.25, -0.2) is 9.67 Å². The van der Waals surface area contributed by atoms with E-state index in [4.69, 9.17) is 4.74 Å². The standard InChI is InChI=1S/C16H16N4O2/c1-4-13(9-17-2)20-10-12(8-18-20)14-6-5-7-15(19-14)16(21)11-22-3/h4-10H,1-2,11H2,3H3/b13-9+. The fourth-order valence-electron chi connectivity index (χ4n) is 1.85. The van der Waals surface area contributed by atoms with E-state index in [1.807, 2.05) is 6.07 Å². The van der Waals surface area contributed by atoms with Crippen molar-refractivity contribution in [1.29, 1.82) is 0 Å². The van der Waals surface area contributed by atoms with Crippen molar-refractivity contribution in [3.63, 3.8) is 0 Å². The maximum Gasteiger partial charge on any atom is 0.206 e. The fourth-order valence-corrected chi connectivity index (χ4v) is 1.85. The molecule has 0 aromatic carbocycles. The summed E-state index contributed by atoms with van der Waals surface area (Å²) in [5.74, 6) is -0.167. The van der Waals surface area contributed by atoms with Gasteiger partial charge in [0.2, 0.25) is 5.78 Å². The molecule has 0 aliphatic carbocycles. The van der Waals surface area contributed by atoms with Gasteiger partial charge in [0.05, 0.1) is 23.8 Å². The third-order valence-corrected chi connectivity index (χ3v) is 2.89. The van der Waals surface area contributed by atoms with Gasteiger partial charge in [0.1, 0.15) is 12.3 Å². The Kier molecular flexibility index (Phi) is 5.11. The molecule has 2 heterocycles. The third-order valence-electron chi connectivity index (χ3n) is 2.89. The number of ether oxygens (including phenoxy) is 1. The molecule has 2 aromatic heterocycles. The van der Waals surface area contributed by atoms with Crippen molar-refractivity contribution < 1.29 is 9.53 Å². The number of aliphatic imine (C=N–C) groups is 1. The van der Waals surface area contributed by atoms with Gasteiger partial charge in [0, 0.05) is 18.9 Å². The lowest BCUT2D eigenvalue weighted by Gasteiger charge is -2.02. The minimum absolute atomic E-state index is 0.00404. The van der Waals surface area contributed by atoms with Crippen LogP contribution in [0.4, 0.5) is 0 Å². The predicted octanol–water partition coefficient (Wildman–Crippen LogP) is 2.46. The molecule has 0 bridgehead atoms. The minimum Gasteiger partial charge on any atom is -0.376 e. The van der Waals surface area contributed by atoms with Gasteiger partial charge in [-0.2, -0.15) is 5.10 Å². The van der Waals surface area contributed by atoms with Crippen molar-refractivity contribution >= 4 is 18.2 Å². The van der Waals surface area contributed by atoms with Crippen LogP contribution in [0.25, 0.3) is 17.0 Å². The zero-order chi connectivity index (χ0) is 15.9. The first-order valence-corrected chi connectivity index (χ1v) is 6.52. The Labute approximate surface area is 128 Å². The van der Waals surface area contributed by atoms with Crippen LogP contribution >= 0.6 is 0 Å². The number of hydrogen-bond donors (Lipinski definition) is 0. The molecule has 6 heteroatoms. The maximum absolute atomic E-state index is 11.8. The molecule has 0 amide bonds. The summed E-state index contributed by atoms with van der Waals surface area (Å²) in [6.07, 6.45) is 6.62. The minimum atomic E-state index is -0.167. The summed E-state index contributed by atoms with van der Waals surface area (Å²) in [4.78, 5) is 19.9. The van der Waals surface area contributed by atoms with Gasteiger partial charge in [-0.1, -0.05) is 12.6 Å². The van der Waals surface area contributed by atoms with Crippen LogP contribution in [-0.2, 0) is 4.74 Å². The number of Topliss-reactive ketones (excluding diaryl/α,β-unsaturated/α-hetero) is 1. The molecule has 0 spiro atoms. The van der Waals surface area contributed by atoms with Crippen molar-refractivity contribution in [2.24, 2.45) is 4.99 Å². The van der Waals surface area contributed by atoms with E-state index in [1.54, 1.807) is 41.5 Å². The molecule has 0 aliphatic rings. The average molecular weight is 296 g/mol. The number of hydrogen-bond acceptors (Lipinski definition) is 5.